The summed E-state index contributed by atoms with van der Waals surface area (Å²) in [7, 11) is 0. The molecular formula is C20H30BrN3O4. The van der Waals surface area contributed by atoms with Crippen molar-refractivity contribution in [3.05, 3.63) is 17.0 Å². The highest BCUT2D eigenvalue weighted by molar-refractivity contribution is 9.10. The maximum absolute atomic E-state index is 12.2. The van der Waals surface area contributed by atoms with Gasteiger partial charge in [0.15, 0.2) is 0 Å². The third kappa shape index (κ3) is 6.58. The molecule has 0 radical (unpaired) electrons. The molecule has 2 heterocycles. The van der Waals surface area contributed by atoms with Crippen LogP contribution in [0.4, 0.5) is 4.79 Å². The predicted octanol–water partition coefficient (Wildman–Crippen LogP) is 4.35. The van der Waals surface area contributed by atoms with Crippen molar-refractivity contribution in [3.8, 4) is 5.88 Å². The molecule has 8 heteroatoms. The van der Waals surface area contributed by atoms with Gasteiger partial charge in [-0.1, -0.05) is 0 Å². The van der Waals surface area contributed by atoms with Crippen LogP contribution in [0.5, 0.6) is 5.88 Å². The second-order valence-corrected chi connectivity index (χ2v) is 9.31. The number of ether oxygens (including phenoxy) is 3. The molecule has 156 valence electrons. The molecule has 0 spiro atoms. The Morgan fingerprint density at radius 1 is 1.00 bits per heavy atom. The molecule has 0 bridgehead atoms. The molecule has 2 fully saturated rings. The van der Waals surface area contributed by atoms with Crippen LogP contribution >= 0.6 is 15.9 Å². The second kappa shape index (κ2) is 9.39. The Bertz CT molecular complexity index is 634. The summed E-state index contributed by atoms with van der Waals surface area (Å²) in [5.74, 6) is 0.571. The first kappa shape index (κ1) is 21.3. The highest BCUT2D eigenvalue weighted by Gasteiger charge is 2.30. The number of hydrogen-bond donors (Lipinski definition) is 0. The molecule has 1 aliphatic carbocycles. The maximum atomic E-state index is 12.2. The SMILES string of the molecule is CC(C)(C)OC(=O)N1CCC(O[C@H]2CC[C@H](Oc3cnc(Br)cn3)CC2)CC1. The van der Waals surface area contributed by atoms with Gasteiger partial charge in [-0.15, -0.1) is 0 Å². The third-order valence-corrected chi connectivity index (χ3v) is 5.39. The van der Waals surface area contributed by atoms with Gasteiger partial charge in [-0.05, 0) is 75.2 Å². The van der Waals surface area contributed by atoms with E-state index in [-0.39, 0.29) is 24.4 Å². The van der Waals surface area contributed by atoms with Crippen LogP contribution in [0.25, 0.3) is 0 Å². The molecular weight excluding hydrogens is 426 g/mol. The molecule has 0 N–H and O–H groups in total. The zero-order valence-electron chi connectivity index (χ0n) is 16.9. The maximum Gasteiger partial charge on any atom is 0.410 e. The highest BCUT2D eigenvalue weighted by Crippen LogP contribution is 2.27. The molecule has 28 heavy (non-hydrogen) atoms. The Hall–Kier alpha value is -1.41. The van der Waals surface area contributed by atoms with Gasteiger partial charge in [-0.25, -0.2) is 14.8 Å². The number of nitrogens with zero attached hydrogens (tertiary/aromatic N) is 3. The quantitative estimate of drug-likeness (QED) is 0.671. The van der Waals surface area contributed by atoms with Crippen LogP contribution in [-0.4, -0.2) is 58.0 Å². The van der Waals surface area contributed by atoms with Gasteiger partial charge in [0, 0.05) is 13.1 Å². The number of aromatic nitrogens is 2. The van der Waals surface area contributed by atoms with Crippen molar-refractivity contribution in [2.24, 2.45) is 0 Å². The van der Waals surface area contributed by atoms with E-state index in [9.17, 15) is 4.79 Å². The average Bonchev–Trinajstić information content (AvgIpc) is 2.64. The lowest BCUT2D eigenvalue weighted by atomic mass is 9.94. The summed E-state index contributed by atoms with van der Waals surface area (Å²) in [5.41, 5.74) is -0.451. The first-order valence-electron chi connectivity index (χ1n) is 10.1. The fourth-order valence-electron chi connectivity index (χ4n) is 3.59. The van der Waals surface area contributed by atoms with E-state index in [4.69, 9.17) is 14.2 Å². The second-order valence-electron chi connectivity index (χ2n) is 8.50. The standard InChI is InChI=1S/C20H30BrN3O4/c1-20(2,3)28-19(25)24-10-8-16(9-11-24)26-14-4-6-15(7-5-14)27-18-13-22-17(21)12-23-18/h12-16H,4-11H2,1-3H3/t14-,15-. The van der Waals surface area contributed by atoms with Crippen LogP contribution in [0.3, 0.4) is 0 Å². The summed E-state index contributed by atoms with van der Waals surface area (Å²) in [6, 6.07) is 0. The van der Waals surface area contributed by atoms with E-state index in [1.165, 1.54) is 0 Å². The summed E-state index contributed by atoms with van der Waals surface area (Å²) in [6.07, 6.45) is 9.35. The van der Waals surface area contributed by atoms with Gasteiger partial charge in [-0.2, -0.15) is 0 Å². The third-order valence-electron chi connectivity index (χ3n) is 4.98. The molecule has 2 aliphatic rings. The summed E-state index contributed by atoms with van der Waals surface area (Å²) in [4.78, 5) is 22.3. The number of carbonyl (C=O) groups is 1. The van der Waals surface area contributed by atoms with E-state index in [1.807, 2.05) is 20.8 Å². The van der Waals surface area contributed by atoms with Crippen LogP contribution in [-0.2, 0) is 9.47 Å². The van der Waals surface area contributed by atoms with Crippen molar-refractivity contribution in [3.63, 3.8) is 0 Å². The normalized spacial score (nSPS) is 24.1. The van der Waals surface area contributed by atoms with E-state index in [2.05, 4.69) is 25.9 Å². The Balaban J connectivity index is 1.35. The molecule has 0 atom stereocenters. The fourth-order valence-corrected chi connectivity index (χ4v) is 3.80. The molecule has 0 unspecified atom stereocenters. The lowest BCUT2D eigenvalue weighted by molar-refractivity contribution is -0.0678. The lowest BCUT2D eigenvalue weighted by Gasteiger charge is -2.36. The summed E-state index contributed by atoms with van der Waals surface area (Å²) in [5, 5.41) is 0. The Morgan fingerprint density at radius 3 is 2.18 bits per heavy atom. The van der Waals surface area contributed by atoms with Crippen molar-refractivity contribution < 1.29 is 19.0 Å². The summed E-state index contributed by atoms with van der Waals surface area (Å²) >= 11 is 3.28. The molecule has 0 aromatic carbocycles. The zero-order valence-corrected chi connectivity index (χ0v) is 18.5. The molecule has 1 saturated heterocycles. The Morgan fingerprint density at radius 2 is 1.61 bits per heavy atom. The van der Waals surface area contributed by atoms with Crippen LogP contribution in [0.15, 0.2) is 17.0 Å². The van der Waals surface area contributed by atoms with Crippen LogP contribution in [0, 0.1) is 0 Å². The summed E-state index contributed by atoms with van der Waals surface area (Å²) < 4.78 is 18.4. The predicted molar refractivity (Wildman–Crippen MR) is 108 cm³/mol. The van der Waals surface area contributed by atoms with Crippen LogP contribution in [0.2, 0.25) is 0 Å². The molecule has 1 saturated carbocycles. The smallest absolute Gasteiger partial charge is 0.410 e. The van der Waals surface area contributed by atoms with Gasteiger partial charge in [0.05, 0.1) is 24.6 Å². The van der Waals surface area contributed by atoms with E-state index in [0.717, 1.165) is 38.5 Å². The van der Waals surface area contributed by atoms with Gasteiger partial charge >= 0.3 is 6.09 Å². The van der Waals surface area contributed by atoms with Crippen LogP contribution < -0.4 is 4.74 Å². The minimum absolute atomic E-state index is 0.171. The number of carbonyl (C=O) groups excluding carboxylic acids is 1. The molecule has 1 aliphatic heterocycles. The van der Waals surface area contributed by atoms with Gasteiger partial charge in [0.1, 0.15) is 16.3 Å². The van der Waals surface area contributed by atoms with Crippen molar-refractivity contribution >= 4 is 22.0 Å². The number of hydrogen-bond acceptors (Lipinski definition) is 6. The Kier molecular flexibility index (Phi) is 7.15. The van der Waals surface area contributed by atoms with E-state index in [1.54, 1.807) is 17.3 Å². The Labute approximate surface area is 175 Å². The highest BCUT2D eigenvalue weighted by atomic mass is 79.9. The zero-order chi connectivity index (χ0) is 20.1. The molecule has 1 aromatic heterocycles. The average molecular weight is 456 g/mol. The fraction of sp³-hybridized carbons (Fsp3) is 0.750. The molecule has 1 amide bonds. The lowest BCUT2D eigenvalue weighted by Crippen LogP contribution is -2.44. The van der Waals surface area contributed by atoms with Crippen molar-refractivity contribution in [1.82, 2.24) is 14.9 Å². The monoisotopic (exact) mass is 455 g/mol. The van der Waals surface area contributed by atoms with E-state index in [0.29, 0.717) is 23.6 Å². The minimum Gasteiger partial charge on any atom is -0.473 e. The number of halogens is 1. The van der Waals surface area contributed by atoms with Gasteiger partial charge in [0.25, 0.3) is 0 Å². The first-order chi connectivity index (χ1) is 13.3. The number of piperidine rings is 1. The number of likely N-dealkylation sites (tertiary alicyclic amines) is 1. The van der Waals surface area contributed by atoms with Crippen molar-refractivity contribution in [1.29, 1.82) is 0 Å². The number of amides is 1. The van der Waals surface area contributed by atoms with Crippen LogP contribution in [0.1, 0.15) is 59.3 Å². The minimum atomic E-state index is -0.451. The van der Waals surface area contributed by atoms with Crippen molar-refractivity contribution in [2.75, 3.05) is 13.1 Å². The first-order valence-corrected chi connectivity index (χ1v) is 10.9. The number of rotatable bonds is 4. The largest absolute Gasteiger partial charge is 0.473 e. The van der Waals surface area contributed by atoms with Gasteiger partial charge in [-0.3, -0.25) is 0 Å². The summed E-state index contributed by atoms with van der Waals surface area (Å²) in [6.45, 7) is 7.07. The van der Waals surface area contributed by atoms with Gasteiger partial charge < -0.3 is 19.1 Å². The van der Waals surface area contributed by atoms with E-state index >= 15 is 0 Å². The molecule has 7 nitrogen and oxygen atoms in total. The van der Waals surface area contributed by atoms with E-state index < -0.39 is 5.60 Å². The molecule has 3 rings (SSSR count). The van der Waals surface area contributed by atoms with Gasteiger partial charge in [0.2, 0.25) is 5.88 Å². The topological polar surface area (TPSA) is 73.8 Å². The van der Waals surface area contributed by atoms with Crippen molar-refractivity contribution in [2.45, 2.75) is 83.2 Å². The molecule has 1 aromatic rings.